The Bertz CT molecular complexity index is 620. The van der Waals surface area contributed by atoms with E-state index in [9.17, 15) is 4.79 Å². The van der Waals surface area contributed by atoms with Crippen LogP contribution in [0.1, 0.15) is 28.2 Å². The molecule has 0 aliphatic carbocycles. The number of carbonyl (C=O) groups excluding carboxylic acids is 1. The summed E-state index contributed by atoms with van der Waals surface area (Å²) in [4.78, 5) is 16.4. The van der Waals surface area contributed by atoms with E-state index in [1.165, 1.54) is 0 Å². The molecule has 0 unspecified atom stereocenters. The predicted octanol–water partition coefficient (Wildman–Crippen LogP) is 2.72. The first-order valence-electron chi connectivity index (χ1n) is 6.94. The van der Waals surface area contributed by atoms with Crippen LogP contribution in [0.15, 0.2) is 28.7 Å². The molecule has 0 radical (unpaired) electrons. The summed E-state index contributed by atoms with van der Waals surface area (Å²) in [5, 5.41) is 2.81. The Morgan fingerprint density at radius 2 is 2.10 bits per heavy atom. The maximum Gasteiger partial charge on any atom is 0.273 e. The van der Waals surface area contributed by atoms with Crippen molar-refractivity contribution in [1.82, 2.24) is 10.3 Å². The lowest BCUT2D eigenvalue weighted by molar-refractivity contribution is 0.0943. The first-order valence-corrected chi connectivity index (χ1v) is 6.94. The van der Waals surface area contributed by atoms with Crippen LogP contribution >= 0.6 is 0 Å². The lowest BCUT2D eigenvalue weighted by Crippen LogP contribution is -2.26. The molecule has 0 fully saturated rings. The van der Waals surface area contributed by atoms with Crippen molar-refractivity contribution >= 4 is 5.91 Å². The fourth-order valence-electron chi connectivity index (χ4n) is 2.04. The maximum absolute atomic E-state index is 12.1. The van der Waals surface area contributed by atoms with Gasteiger partial charge in [0.2, 0.25) is 5.89 Å². The number of amides is 1. The van der Waals surface area contributed by atoms with Crippen LogP contribution in [0.5, 0.6) is 0 Å². The quantitative estimate of drug-likeness (QED) is 0.830. The van der Waals surface area contributed by atoms with E-state index in [1.54, 1.807) is 14.0 Å². The Labute approximate surface area is 124 Å². The lowest BCUT2D eigenvalue weighted by Gasteiger charge is -2.02. The second-order valence-corrected chi connectivity index (χ2v) is 4.84. The van der Waals surface area contributed by atoms with Crippen LogP contribution in [-0.4, -0.2) is 31.2 Å². The summed E-state index contributed by atoms with van der Waals surface area (Å²) in [5.74, 6) is 0.789. The number of aromatic nitrogens is 1. The third-order valence-corrected chi connectivity index (χ3v) is 3.20. The number of rotatable bonds is 6. The second-order valence-electron chi connectivity index (χ2n) is 4.84. The van der Waals surface area contributed by atoms with E-state index in [4.69, 9.17) is 9.15 Å². The maximum atomic E-state index is 12.1. The van der Waals surface area contributed by atoms with Crippen LogP contribution in [0.25, 0.3) is 11.5 Å². The van der Waals surface area contributed by atoms with Crippen molar-refractivity contribution in [2.24, 2.45) is 0 Å². The number of hydrogen-bond donors (Lipinski definition) is 1. The zero-order chi connectivity index (χ0) is 15.2. The van der Waals surface area contributed by atoms with E-state index >= 15 is 0 Å². The van der Waals surface area contributed by atoms with Crippen molar-refractivity contribution in [3.8, 4) is 11.5 Å². The van der Waals surface area contributed by atoms with E-state index in [0.717, 1.165) is 17.5 Å². The number of oxazole rings is 1. The first kappa shape index (κ1) is 15.3. The third kappa shape index (κ3) is 3.70. The molecule has 0 aliphatic rings. The summed E-state index contributed by atoms with van der Waals surface area (Å²) in [5.41, 5.74) is 2.30. The number of ether oxygens (including phenoxy) is 1. The monoisotopic (exact) mass is 288 g/mol. The summed E-state index contributed by atoms with van der Waals surface area (Å²) in [6.07, 6.45) is 0.768. The topological polar surface area (TPSA) is 64.4 Å². The summed E-state index contributed by atoms with van der Waals surface area (Å²) in [7, 11) is 1.64. The Hall–Kier alpha value is -2.14. The van der Waals surface area contributed by atoms with Gasteiger partial charge in [-0.1, -0.05) is 18.2 Å². The standard InChI is InChI=1S/C16H20N2O3/c1-11-7-4-5-8-13(11)16-18-14(12(2)21-16)15(19)17-9-6-10-20-3/h4-5,7-8H,6,9-10H2,1-3H3,(H,17,19). The summed E-state index contributed by atoms with van der Waals surface area (Å²) >= 11 is 0. The Balaban J connectivity index is 2.12. The fourth-order valence-corrected chi connectivity index (χ4v) is 2.04. The molecule has 1 heterocycles. The number of aryl methyl sites for hydroxylation is 2. The highest BCUT2D eigenvalue weighted by Crippen LogP contribution is 2.24. The molecule has 21 heavy (non-hydrogen) atoms. The molecular formula is C16H20N2O3. The minimum absolute atomic E-state index is 0.216. The zero-order valence-electron chi connectivity index (χ0n) is 12.6. The second kappa shape index (κ2) is 7.04. The summed E-state index contributed by atoms with van der Waals surface area (Å²) < 4.78 is 10.6. The Kier molecular flexibility index (Phi) is 5.11. The summed E-state index contributed by atoms with van der Waals surface area (Å²) in [6.45, 7) is 4.91. The molecule has 0 spiro atoms. The first-order chi connectivity index (χ1) is 10.1. The molecule has 0 atom stereocenters. The van der Waals surface area contributed by atoms with Crippen LogP contribution in [0.4, 0.5) is 0 Å². The van der Waals surface area contributed by atoms with Crippen molar-refractivity contribution in [1.29, 1.82) is 0 Å². The van der Waals surface area contributed by atoms with Gasteiger partial charge < -0.3 is 14.5 Å². The van der Waals surface area contributed by atoms with Gasteiger partial charge in [0.05, 0.1) is 0 Å². The number of benzene rings is 1. The molecule has 1 N–H and O–H groups in total. The van der Waals surface area contributed by atoms with Gasteiger partial charge in [-0.2, -0.15) is 0 Å². The highest BCUT2D eigenvalue weighted by molar-refractivity contribution is 5.93. The van der Waals surface area contributed by atoms with E-state index in [2.05, 4.69) is 10.3 Å². The van der Waals surface area contributed by atoms with Gasteiger partial charge in [0.15, 0.2) is 5.69 Å². The predicted molar refractivity (Wildman–Crippen MR) is 80.2 cm³/mol. The summed E-state index contributed by atoms with van der Waals surface area (Å²) in [6, 6.07) is 7.80. The molecule has 2 aromatic rings. The molecule has 5 nitrogen and oxygen atoms in total. The normalized spacial score (nSPS) is 10.6. The fraction of sp³-hybridized carbons (Fsp3) is 0.375. The molecule has 0 aliphatic heterocycles. The minimum Gasteiger partial charge on any atom is -0.441 e. The lowest BCUT2D eigenvalue weighted by atomic mass is 10.1. The molecule has 0 saturated carbocycles. The van der Waals surface area contributed by atoms with Crippen LogP contribution < -0.4 is 5.32 Å². The number of nitrogens with zero attached hydrogens (tertiary/aromatic N) is 1. The minimum atomic E-state index is -0.216. The van der Waals surface area contributed by atoms with Crippen molar-refractivity contribution < 1.29 is 13.9 Å². The molecule has 5 heteroatoms. The van der Waals surface area contributed by atoms with Gasteiger partial charge in [-0.15, -0.1) is 0 Å². The average molecular weight is 288 g/mol. The van der Waals surface area contributed by atoms with Crippen molar-refractivity contribution in [2.75, 3.05) is 20.3 Å². The molecule has 0 bridgehead atoms. The number of methoxy groups -OCH3 is 1. The van der Waals surface area contributed by atoms with E-state index in [1.807, 2.05) is 31.2 Å². The largest absolute Gasteiger partial charge is 0.441 e. The van der Waals surface area contributed by atoms with E-state index < -0.39 is 0 Å². The van der Waals surface area contributed by atoms with Gasteiger partial charge >= 0.3 is 0 Å². The van der Waals surface area contributed by atoms with Gasteiger partial charge in [-0.3, -0.25) is 4.79 Å². The SMILES string of the molecule is COCCCNC(=O)c1nc(-c2ccccc2C)oc1C. The number of hydrogen-bond acceptors (Lipinski definition) is 4. The van der Waals surface area contributed by atoms with Crippen molar-refractivity contribution in [2.45, 2.75) is 20.3 Å². The van der Waals surface area contributed by atoms with Gasteiger partial charge in [0.1, 0.15) is 5.76 Å². The van der Waals surface area contributed by atoms with E-state index in [0.29, 0.717) is 30.5 Å². The van der Waals surface area contributed by atoms with Gasteiger partial charge in [0, 0.05) is 25.8 Å². The van der Waals surface area contributed by atoms with Gasteiger partial charge in [-0.25, -0.2) is 4.98 Å². The zero-order valence-corrected chi connectivity index (χ0v) is 12.6. The molecule has 1 amide bonds. The van der Waals surface area contributed by atoms with Crippen LogP contribution in [0.3, 0.4) is 0 Å². The van der Waals surface area contributed by atoms with Crippen LogP contribution in [0, 0.1) is 13.8 Å². The Morgan fingerprint density at radius 1 is 1.33 bits per heavy atom. The van der Waals surface area contributed by atoms with Gasteiger partial charge in [0.25, 0.3) is 5.91 Å². The van der Waals surface area contributed by atoms with Crippen molar-refractivity contribution in [3.63, 3.8) is 0 Å². The molecule has 1 aromatic heterocycles. The van der Waals surface area contributed by atoms with E-state index in [-0.39, 0.29) is 5.91 Å². The molecule has 2 rings (SSSR count). The third-order valence-electron chi connectivity index (χ3n) is 3.20. The van der Waals surface area contributed by atoms with Crippen LogP contribution in [-0.2, 0) is 4.74 Å². The molecule has 0 saturated heterocycles. The molecule has 112 valence electrons. The molecule has 1 aromatic carbocycles. The van der Waals surface area contributed by atoms with Gasteiger partial charge in [-0.05, 0) is 31.9 Å². The highest BCUT2D eigenvalue weighted by Gasteiger charge is 2.18. The Morgan fingerprint density at radius 3 is 2.81 bits per heavy atom. The van der Waals surface area contributed by atoms with Crippen molar-refractivity contribution in [3.05, 3.63) is 41.3 Å². The average Bonchev–Trinajstić information content (AvgIpc) is 2.86. The molecular weight excluding hydrogens is 268 g/mol. The number of carbonyl (C=O) groups is 1. The highest BCUT2D eigenvalue weighted by atomic mass is 16.5. The smallest absolute Gasteiger partial charge is 0.273 e. The number of nitrogens with one attached hydrogen (secondary N) is 1. The van der Waals surface area contributed by atoms with Crippen LogP contribution in [0.2, 0.25) is 0 Å².